The van der Waals surface area contributed by atoms with Gasteiger partial charge in [-0.2, -0.15) is 0 Å². The average Bonchev–Trinajstić information content (AvgIpc) is 2.41. The van der Waals surface area contributed by atoms with Gasteiger partial charge in [-0.25, -0.2) is 4.98 Å². The molecule has 0 atom stereocenters. The third kappa shape index (κ3) is 2.51. The summed E-state index contributed by atoms with van der Waals surface area (Å²) >= 11 is 0. The summed E-state index contributed by atoms with van der Waals surface area (Å²) in [6, 6.07) is 2.11. The Bertz CT molecular complexity index is 519. The van der Waals surface area contributed by atoms with Crippen LogP contribution in [0.2, 0.25) is 0 Å². The zero-order chi connectivity index (χ0) is 14.1. The predicted octanol–water partition coefficient (Wildman–Crippen LogP) is 2.48. The summed E-state index contributed by atoms with van der Waals surface area (Å²) in [7, 11) is 2.09. The van der Waals surface area contributed by atoms with Gasteiger partial charge in [0.2, 0.25) is 0 Å². The van der Waals surface area contributed by atoms with Gasteiger partial charge in [-0.1, -0.05) is 6.42 Å². The SMILES string of the molecule is CN(CC1CCC1)c1nc2c(cc1C(=N)N)CCCC2. The van der Waals surface area contributed by atoms with Crippen LogP contribution in [0.25, 0.3) is 0 Å². The van der Waals surface area contributed by atoms with Crippen molar-refractivity contribution in [3.05, 3.63) is 22.9 Å². The lowest BCUT2D eigenvalue weighted by atomic mass is 9.85. The largest absolute Gasteiger partial charge is 0.384 e. The molecule has 0 aromatic carbocycles. The van der Waals surface area contributed by atoms with Gasteiger partial charge >= 0.3 is 0 Å². The number of anilines is 1. The summed E-state index contributed by atoms with van der Waals surface area (Å²) in [5.41, 5.74) is 9.10. The lowest BCUT2D eigenvalue weighted by molar-refractivity contribution is 0.321. The molecule has 3 rings (SSSR count). The van der Waals surface area contributed by atoms with Crippen LogP contribution in [0.3, 0.4) is 0 Å². The zero-order valence-corrected chi connectivity index (χ0v) is 12.3. The summed E-state index contributed by atoms with van der Waals surface area (Å²) in [4.78, 5) is 7.05. The first-order valence-electron chi connectivity index (χ1n) is 7.73. The minimum absolute atomic E-state index is 0.140. The molecule has 1 heterocycles. The normalized spacial score (nSPS) is 18.2. The van der Waals surface area contributed by atoms with Crippen LogP contribution < -0.4 is 10.6 Å². The first kappa shape index (κ1) is 13.4. The van der Waals surface area contributed by atoms with E-state index in [-0.39, 0.29) is 5.84 Å². The highest BCUT2D eigenvalue weighted by atomic mass is 15.2. The van der Waals surface area contributed by atoms with E-state index >= 15 is 0 Å². The molecule has 0 saturated heterocycles. The molecule has 1 aromatic rings. The number of aromatic nitrogens is 1. The molecule has 0 aliphatic heterocycles. The van der Waals surface area contributed by atoms with Crippen molar-refractivity contribution in [2.75, 3.05) is 18.5 Å². The highest BCUT2D eigenvalue weighted by molar-refractivity contribution is 5.99. The van der Waals surface area contributed by atoms with Gasteiger partial charge in [-0.15, -0.1) is 0 Å². The fraction of sp³-hybridized carbons (Fsp3) is 0.625. The fourth-order valence-electron chi connectivity index (χ4n) is 3.26. The molecule has 1 aromatic heterocycles. The number of hydrogen-bond donors (Lipinski definition) is 2. The molecule has 3 N–H and O–H groups in total. The van der Waals surface area contributed by atoms with Crippen molar-refractivity contribution in [2.45, 2.75) is 44.9 Å². The quantitative estimate of drug-likeness (QED) is 0.653. The molecule has 1 saturated carbocycles. The Morgan fingerprint density at radius 3 is 2.75 bits per heavy atom. The number of nitrogens with two attached hydrogens (primary N) is 1. The van der Waals surface area contributed by atoms with Crippen molar-refractivity contribution < 1.29 is 0 Å². The van der Waals surface area contributed by atoms with Crippen LogP contribution in [-0.4, -0.2) is 24.4 Å². The van der Waals surface area contributed by atoms with E-state index in [2.05, 4.69) is 18.0 Å². The molecule has 0 bridgehead atoms. The van der Waals surface area contributed by atoms with Crippen molar-refractivity contribution in [1.82, 2.24) is 4.98 Å². The number of nitrogens with one attached hydrogen (secondary N) is 1. The maximum absolute atomic E-state index is 7.84. The van der Waals surface area contributed by atoms with Gasteiger partial charge in [0.15, 0.2) is 0 Å². The van der Waals surface area contributed by atoms with Crippen LogP contribution in [0.15, 0.2) is 6.07 Å². The van der Waals surface area contributed by atoms with Crippen LogP contribution >= 0.6 is 0 Å². The Morgan fingerprint density at radius 1 is 1.35 bits per heavy atom. The van der Waals surface area contributed by atoms with Gasteiger partial charge in [0.1, 0.15) is 11.7 Å². The Kier molecular flexibility index (Phi) is 3.64. The van der Waals surface area contributed by atoms with Crippen LogP contribution in [-0.2, 0) is 12.8 Å². The fourth-order valence-corrected chi connectivity index (χ4v) is 3.26. The number of pyridine rings is 1. The summed E-state index contributed by atoms with van der Waals surface area (Å²) in [6.07, 6.45) is 8.60. The standard InChI is InChI=1S/C16H24N4/c1-20(10-11-5-4-6-11)16-13(15(17)18)9-12-7-2-3-8-14(12)19-16/h9,11H,2-8,10H2,1H3,(H3,17,18). The lowest BCUT2D eigenvalue weighted by Gasteiger charge is -2.32. The van der Waals surface area contributed by atoms with Crippen molar-refractivity contribution in [3.63, 3.8) is 0 Å². The number of nitrogen functional groups attached to an aromatic ring is 1. The molecule has 20 heavy (non-hydrogen) atoms. The zero-order valence-electron chi connectivity index (χ0n) is 12.3. The summed E-state index contributed by atoms with van der Waals surface area (Å²) in [6.45, 7) is 1.03. The Hall–Kier alpha value is -1.58. The van der Waals surface area contributed by atoms with E-state index in [0.717, 1.165) is 36.7 Å². The summed E-state index contributed by atoms with van der Waals surface area (Å²) < 4.78 is 0. The number of aryl methyl sites for hydroxylation is 2. The smallest absolute Gasteiger partial charge is 0.139 e. The van der Waals surface area contributed by atoms with E-state index in [9.17, 15) is 0 Å². The van der Waals surface area contributed by atoms with E-state index in [1.54, 1.807) is 0 Å². The van der Waals surface area contributed by atoms with Crippen LogP contribution in [0.5, 0.6) is 0 Å². The van der Waals surface area contributed by atoms with Gasteiger partial charge in [0, 0.05) is 19.3 Å². The molecule has 4 heteroatoms. The molecular formula is C16H24N4. The number of amidine groups is 1. The molecule has 4 nitrogen and oxygen atoms in total. The monoisotopic (exact) mass is 272 g/mol. The second kappa shape index (κ2) is 5.43. The van der Waals surface area contributed by atoms with Gasteiger partial charge in [0.05, 0.1) is 5.56 Å². The van der Waals surface area contributed by atoms with Crippen LogP contribution in [0.4, 0.5) is 5.82 Å². The average molecular weight is 272 g/mol. The number of nitrogens with zero attached hydrogens (tertiary/aromatic N) is 2. The molecule has 108 valence electrons. The molecule has 1 fully saturated rings. The Morgan fingerprint density at radius 2 is 2.10 bits per heavy atom. The Balaban J connectivity index is 1.91. The third-order valence-electron chi connectivity index (χ3n) is 4.69. The Labute approximate surface area is 120 Å². The van der Waals surface area contributed by atoms with E-state index < -0.39 is 0 Å². The first-order chi connectivity index (χ1) is 9.65. The van der Waals surface area contributed by atoms with Gasteiger partial charge < -0.3 is 10.6 Å². The van der Waals surface area contributed by atoms with E-state index in [0.29, 0.717) is 0 Å². The summed E-state index contributed by atoms with van der Waals surface area (Å²) in [5.74, 6) is 1.84. The maximum atomic E-state index is 7.84. The maximum Gasteiger partial charge on any atom is 0.139 e. The number of rotatable bonds is 4. The third-order valence-corrected chi connectivity index (χ3v) is 4.69. The van der Waals surface area contributed by atoms with E-state index in [1.807, 2.05) is 0 Å². The second-order valence-corrected chi connectivity index (χ2v) is 6.26. The minimum atomic E-state index is 0.140. The van der Waals surface area contributed by atoms with Gasteiger partial charge in [-0.3, -0.25) is 5.41 Å². The summed E-state index contributed by atoms with van der Waals surface area (Å²) in [5, 5.41) is 7.84. The van der Waals surface area contributed by atoms with Gasteiger partial charge in [-0.05, 0) is 56.1 Å². The van der Waals surface area contributed by atoms with Crippen LogP contribution in [0.1, 0.15) is 48.9 Å². The second-order valence-electron chi connectivity index (χ2n) is 6.26. The lowest BCUT2D eigenvalue weighted by Crippen LogP contribution is -2.32. The number of hydrogen-bond acceptors (Lipinski definition) is 3. The minimum Gasteiger partial charge on any atom is -0.384 e. The first-order valence-corrected chi connectivity index (χ1v) is 7.73. The van der Waals surface area contributed by atoms with Crippen molar-refractivity contribution in [1.29, 1.82) is 5.41 Å². The van der Waals surface area contributed by atoms with Crippen molar-refractivity contribution >= 4 is 11.7 Å². The van der Waals surface area contributed by atoms with Crippen molar-refractivity contribution in [2.24, 2.45) is 11.7 Å². The highest BCUT2D eigenvalue weighted by Crippen LogP contribution is 2.30. The topological polar surface area (TPSA) is 66.0 Å². The molecule has 0 amide bonds. The van der Waals surface area contributed by atoms with Crippen LogP contribution in [0, 0.1) is 11.3 Å². The number of fused-ring (bicyclic) bond motifs is 1. The van der Waals surface area contributed by atoms with Gasteiger partial charge in [0.25, 0.3) is 0 Å². The molecule has 2 aliphatic carbocycles. The molecule has 0 unspecified atom stereocenters. The molecule has 0 radical (unpaired) electrons. The molecular weight excluding hydrogens is 248 g/mol. The molecule has 2 aliphatic rings. The highest BCUT2D eigenvalue weighted by Gasteiger charge is 2.23. The van der Waals surface area contributed by atoms with E-state index in [1.165, 1.54) is 43.4 Å². The predicted molar refractivity (Wildman–Crippen MR) is 82.5 cm³/mol. The molecule has 0 spiro atoms. The van der Waals surface area contributed by atoms with Crippen molar-refractivity contribution in [3.8, 4) is 0 Å². The van der Waals surface area contributed by atoms with E-state index in [4.69, 9.17) is 16.1 Å².